The fraction of sp³-hybridized carbons (Fsp3) is 0.333. The number of carbonyl (C=O) groups is 2. The van der Waals surface area contributed by atoms with Gasteiger partial charge in [0, 0.05) is 19.6 Å². The van der Waals surface area contributed by atoms with Crippen molar-refractivity contribution in [3.63, 3.8) is 0 Å². The van der Waals surface area contributed by atoms with Crippen LogP contribution in [0.25, 0.3) is 6.08 Å². The third-order valence-electron chi connectivity index (χ3n) is 6.25. The van der Waals surface area contributed by atoms with Crippen LogP contribution in [-0.4, -0.2) is 65.1 Å². The maximum absolute atomic E-state index is 13.3. The van der Waals surface area contributed by atoms with E-state index < -0.39 is 5.97 Å². The molecule has 1 fully saturated rings. The summed E-state index contributed by atoms with van der Waals surface area (Å²) in [7, 11) is 2.93. The largest absolute Gasteiger partial charge is 0.497 e. The first-order valence-corrected chi connectivity index (χ1v) is 11.8. The summed E-state index contributed by atoms with van der Waals surface area (Å²) < 4.78 is 11.6. The molecule has 36 heavy (non-hydrogen) atoms. The number of hydrogen-bond acceptors (Lipinski definition) is 7. The Bertz CT molecular complexity index is 1210. The molecule has 188 valence electrons. The maximum atomic E-state index is 13.3. The summed E-state index contributed by atoms with van der Waals surface area (Å²) in [5, 5.41) is 11.1. The summed E-state index contributed by atoms with van der Waals surface area (Å²) in [5.41, 5.74) is 3.40. The normalized spacial score (nSPS) is 18.1. The Balaban J connectivity index is 1.49. The highest BCUT2D eigenvalue weighted by molar-refractivity contribution is 5.86. The van der Waals surface area contributed by atoms with E-state index in [0.29, 0.717) is 26.1 Å². The van der Waals surface area contributed by atoms with Gasteiger partial charge in [0.25, 0.3) is 0 Å². The molecule has 0 unspecified atom stereocenters. The topological polar surface area (TPSA) is 98.6 Å². The molecule has 1 aliphatic heterocycles. The van der Waals surface area contributed by atoms with Gasteiger partial charge < -0.3 is 14.8 Å². The number of rotatable bonds is 9. The molecule has 0 bridgehead atoms. The zero-order chi connectivity index (χ0) is 25.5. The smallest absolute Gasteiger partial charge is 0.360 e. The Hall–Kier alpha value is -3.98. The molecule has 1 aromatic heterocycles. The molecule has 1 aliphatic rings. The van der Waals surface area contributed by atoms with Crippen molar-refractivity contribution < 1.29 is 19.1 Å². The van der Waals surface area contributed by atoms with E-state index >= 15 is 0 Å². The molecule has 1 N–H and O–H groups in total. The van der Waals surface area contributed by atoms with Gasteiger partial charge in [-0.05, 0) is 36.6 Å². The molecule has 0 aliphatic carbocycles. The zero-order valence-corrected chi connectivity index (χ0v) is 20.8. The molecule has 9 nitrogen and oxygen atoms in total. The first-order valence-electron chi connectivity index (χ1n) is 11.8. The van der Waals surface area contributed by atoms with Crippen LogP contribution in [0.1, 0.15) is 41.0 Å². The van der Waals surface area contributed by atoms with Gasteiger partial charge in [0.1, 0.15) is 5.75 Å². The van der Waals surface area contributed by atoms with Crippen molar-refractivity contribution in [3.05, 3.63) is 83.2 Å². The van der Waals surface area contributed by atoms with Crippen LogP contribution in [-0.2, 0) is 16.1 Å². The molecule has 9 heteroatoms. The van der Waals surface area contributed by atoms with E-state index in [0.717, 1.165) is 22.4 Å². The molecule has 2 heterocycles. The first-order chi connectivity index (χ1) is 17.5. The van der Waals surface area contributed by atoms with E-state index in [1.54, 1.807) is 18.0 Å². The fourth-order valence-corrected chi connectivity index (χ4v) is 4.42. The minimum Gasteiger partial charge on any atom is -0.497 e. The molecule has 0 saturated carbocycles. The molecule has 2 atom stereocenters. The van der Waals surface area contributed by atoms with Gasteiger partial charge in [-0.15, -0.1) is 5.10 Å². The highest BCUT2D eigenvalue weighted by Gasteiger charge is 2.38. The summed E-state index contributed by atoms with van der Waals surface area (Å²) >= 11 is 0. The lowest BCUT2D eigenvalue weighted by molar-refractivity contribution is -0.125. The minimum atomic E-state index is -0.536. The quantitative estimate of drug-likeness (QED) is 0.461. The predicted octanol–water partition coefficient (Wildman–Crippen LogP) is 3.11. The Morgan fingerprint density at radius 1 is 1.11 bits per heavy atom. The summed E-state index contributed by atoms with van der Waals surface area (Å²) in [6.45, 7) is 3.72. The summed E-state index contributed by atoms with van der Waals surface area (Å²) in [5.74, 6) is 0.190. The standard InChI is InChI=1S/C27H31N5O4/c1-19(13-20-7-5-4-6-8-20)16-31-17-22(32-18-24(29-30-32)27(34)36-3)14-25(31)26(33)28-15-21-9-11-23(35-2)12-10-21/h4-13,18,22,25H,14-17H2,1-3H3,(H,28,33)/b19-13+/t22-,25-/m0/s1. The second kappa shape index (κ2) is 11.6. The number of benzene rings is 2. The lowest BCUT2D eigenvalue weighted by Crippen LogP contribution is -2.43. The highest BCUT2D eigenvalue weighted by Crippen LogP contribution is 2.28. The van der Waals surface area contributed by atoms with Crippen LogP contribution in [0.5, 0.6) is 5.75 Å². The Labute approximate surface area is 210 Å². The maximum Gasteiger partial charge on any atom is 0.360 e. The van der Waals surface area contributed by atoms with Gasteiger partial charge in [0.05, 0.1) is 32.5 Å². The van der Waals surface area contributed by atoms with Crippen molar-refractivity contribution in [3.8, 4) is 5.75 Å². The van der Waals surface area contributed by atoms with Crippen LogP contribution in [0.3, 0.4) is 0 Å². The number of likely N-dealkylation sites (tertiary alicyclic amines) is 1. The van der Waals surface area contributed by atoms with E-state index in [4.69, 9.17) is 9.47 Å². The number of aromatic nitrogens is 3. The third-order valence-corrected chi connectivity index (χ3v) is 6.25. The highest BCUT2D eigenvalue weighted by atomic mass is 16.5. The minimum absolute atomic E-state index is 0.0471. The van der Waals surface area contributed by atoms with Crippen molar-refractivity contribution in [2.45, 2.75) is 32.0 Å². The predicted molar refractivity (Wildman–Crippen MR) is 135 cm³/mol. The van der Waals surface area contributed by atoms with Crippen LogP contribution in [0.2, 0.25) is 0 Å². The fourth-order valence-electron chi connectivity index (χ4n) is 4.42. The number of esters is 1. The van der Waals surface area contributed by atoms with Crippen LogP contribution < -0.4 is 10.1 Å². The van der Waals surface area contributed by atoms with Crippen LogP contribution in [0, 0.1) is 0 Å². The summed E-state index contributed by atoms with van der Waals surface area (Å²) in [4.78, 5) is 27.3. The van der Waals surface area contributed by atoms with Crippen LogP contribution >= 0.6 is 0 Å². The van der Waals surface area contributed by atoms with Gasteiger partial charge in [-0.2, -0.15) is 0 Å². The summed E-state index contributed by atoms with van der Waals surface area (Å²) in [6.07, 6.45) is 4.26. The monoisotopic (exact) mass is 489 g/mol. The lowest BCUT2D eigenvalue weighted by Gasteiger charge is -2.24. The zero-order valence-electron chi connectivity index (χ0n) is 20.8. The van der Waals surface area contributed by atoms with Crippen LogP contribution in [0.4, 0.5) is 0 Å². The van der Waals surface area contributed by atoms with Crippen molar-refractivity contribution in [2.24, 2.45) is 0 Å². The van der Waals surface area contributed by atoms with E-state index in [2.05, 4.69) is 45.7 Å². The average Bonchev–Trinajstić information content (AvgIpc) is 3.55. The SMILES string of the molecule is COC(=O)c1cn([C@H]2C[C@@H](C(=O)NCc3ccc(OC)cc3)N(C/C(C)=C/c3ccccc3)C2)nn1. The van der Waals surface area contributed by atoms with E-state index in [1.165, 1.54) is 7.11 Å². The molecular weight excluding hydrogens is 458 g/mol. The van der Waals surface area contributed by atoms with Gasteiger partial charge in [-0.25, -0.2) is 9.48 Å². The number of methoxy groups -OCH3 is 2. The molecule has 2 aromatic carbocycles. The average molecular weight is 490 g/mol. The van der Waals surface area contributed by atoms with Crippen LogP contribution in [0.15, 0.2) is 66.4 Å². The Kier molecular flexibility index (Phi) is 8.12. The number of ether oxygens (including phenoxy) is 2. The van der Waals surface area contributed by atoms with E-state index in [9.17, 15) is 9.59 Å². The second-order valence-corrected chi connectivity index (χ2v) is 8.88. The van der Waals surface area contributed by atoms with Crippen molar-refractivity contribution in [1.82, 2.24) is 25.2 Å². The third kappa shape index (κ3) is 6.17. The van der Waals surface area contributed by atoms with E-state index in [-0.39, 0.29) is 23.7 Å². The number of carbonyl (C=O) groups excluding carboxylic acids is 2. The molecule has 4 rings (SSSR count). The van der Waals surface area contributed by atoms with Gasteiger partial charge in [0.2, 0.25) is 5.91 Å². The van der Waals surface area contributed by atoms with Crippen molar-refractivity contribution in [2.75, 3.05) is 27.3 Å². The molecule has 1 amide bonds. The van der Waals surface area contributed by atoms with E-state index in [1.807, 2.05) is 42.5 Å². The van der Waals surface area contributed by atoms with Gasteiger partial charge in [-0.3, -0.25) is 9.69 Å². The number of nitrogens with zero attached hydrogens (tertiary/aromatic N) is 4. The number of hydrogen-bond donors (Lipinski definition) is 1. The second-order valence-electron chi connectivity index (χ2n) is 8.88. The number of nitrogens with one attached hydrogen (secondary N) is 1. The molecule has 0 radical (unpaired) electrons. The molecule has 1 saturated heterocycles. The number of amides is 1. The molecule has 0 spiro atoms. The first kappa shape index (κ1) is 25.1. The van der Waals surface area contributed by atoms with Gasteiger partial charge in [0.15, 0.2) is 5.69 Å². The van der Waals surface area contributed by atoms with Gasteiger partial charge >= 0.3 is 5.97 Å². The Morgan fingerprint density at radius 3 is 2.56 bits per heavy atom. The Morgan fingerprint density at radius 2 is 1.86 bits per heavy atom. The molecular formula is C27H31N5O4. The van der Waals surface area contributed by atoms with Gasteiger partial charge in [-0.1, -0.05) is 59.3 Å². The lowest BCUT2D eigenvalue weighted by atomic mass is 10.1. The summed E-state index contributed by atoms with van der Waals surface area (Å²) in [6, 6.07) is 17.3. The van der Waals surface area contributed by atoms with Crippen molar-refractivity contribution >= 4 is 18.0 Å². The molecule has 3 aromatic rings. The van der Waals surface area contributed by atoms with Crippen molar-refractivity contribution in [1.29, 1.82) is 0 Å².